The quantitative estimate of drug-likeness (QED) is 0.427. The van der Waals surface area contributed by atoms with Gasteiger partial charge in [-0.15, -0.1) is 0 Å². The molecule has 0 unspecified atom stereocenters. The number of allylic oxidation sites excluding steroid dienone is 2. The second-order valence-corrected chi connectivity index (χ2v) is 10.1. The van der Waals surface area contributed by atoms with Crippen LogP contribution in [0.1, 0.15) is 29.5 Å². The number of fused-ring (bicyclic) bond motifs is 4. The average molecular weight is 427 g/mol. The molecule has 154 valence electrons. The topological polar surface area (TPSA) is 51.1 Å². The molecule has 0 spiro atoms. The van der Waals surface area contributed by atoms with Crippen LogP contribution < -0.4 is 5.32 Å². The van der Waals surface area contributed by atoms with Gasteiger partial charge in [-0.25, -0.2) is 12.4 Å². The molecule has 4 aromatic rings. The standard InChI is InChI=1S/C26H22N2O2S/c29-31(30,18-9-2-1-3-10-18)28-17-23(21-12-5-7-16-25(21)28)26-22-14-8-13-19(22)20-11-4-6-15-24(20)27-26/h1-13,15-17,19,22,26-27H,14H2/t19-,22-,26+/m0/s1. The third kappa shape index (κ3) is 2.77. The molecule has 0 saturated heterocycles. The Morgan fingerprint density at radius 1 is 0.839 bits per heavy atom. The van der Waals surface area contributed by atoms with E-state index in [0.29, 0.717) is 22.2 Å². The summed E-state index contributed by atoms with van der Waals surface area (Å²) >= 11 is 0. The van der Waals surface area contributed by atoms with Crippen LogP contribution in [-0.4, -0.2) is 12.4 Å². The van der Waals surface area contributed by atoms with Crippen LogP contribution in [0, 0.1) is 5.92 Å². The van der Waals surface area contributed by atoms with Gasteiger partial charge < -0.3 is 5.32 Å². The molecule has 0 fully saturated rings. The first-order chi connectivity index (χ1) is 15.1. The molecule has 2 heterocycles. The van der Waals surface area contributed by atoms with Gasteiger partial charge in [-0.3, -0.25) is 0 Å². The molecule has 0 saturated carbocycles. The summed E-state index contributed by atoms with van der Waals surface area (Å²) in [4.78, 5) is 0.296. The Morgan fingerprint density at radius 3 is 2.45 bits per heavy atom. The number of hydrogen-bond acceptors (Lipinski definition) is 3. The summed E-state index contributed by atoms with van der Waals surface area (Å²) in [5.41, 5.74) is 4.19. The van der Waals surface area contributed by atoms with E-state index >= 15 is 0 Å². The van der Waals surface area contributed by atoms with E-state index in [4.69, 9.17) is 0 Å². The van der Waals surface area contributed by atoms with Crippen molar-refractivity contribution in [1.29, 1.82) is 0 Å². The highest BCUT2D eigenvalue weighted by Gasteiger charge is 2.39. The first kappa shape index (κ1) is 18.5. The Kier molecular flexibility index (Phi) is 4.08. The van der Waals surface area contributed by atoms with Crippen LogP contribution in [0.15, 0.2) is 102 Å². The van der Waals surface area contributed by atoms with Gasteiger partial charge in [0.1, 0.15) is 0 Å². The van der Waals surface area contributed by atoms with E-state index in [0.717, 1.165) is 23.1 Å². The van der Waals surface area contributed by atoms with Gasteiger partial charge in [0.2, 0.25) is 0 Å². The minimum Gasteiger partial charge on any atom is -0.378 e. The van der Waals surface area contributed by atoms with E-state index in [-0.39, 0.29) is 6.04 Å². The van der Waals surface area contributed by atoms with E-state index in [9.17, 15) is 8.42 Å². The molecule has 1 N–H and O–H groups in total. The molecule has 3 atom stereocenters. The van der Waals surface area contributed by atoms with E-state index in [1.165, 1.54) is 9.54 Å². The third-order valence-electron chi connectivity index (χ3n) is 6.62. The van der Waals surface area contributed by atoms with Gasteiger partial charge in [-0.1, -0.05) is 66.7 Å². The number of hydrogen-bond donors (Lipinski definition) is 1. The largest absolute Gasteiger partial charge is 0.378 e. The number of benzene rings is 3. The molecule has 1 aliphatic carbocycles. The molecule has 31 heavy (non-hydrogen) atoms. The minimum absolute atomic E-state index is 0.0343. The van der Waals surface area contributed by atoms with Crippen molar-refractivity contribution in [3.63, 3.8) is 0 Å². The second kappa shape index (κ2) is 6.86. The highest BCUT2D eigenvalue weighted by atomic mass is 32.2. The fourth-order valence-electron chi connectivity index (χ4n) is 5.18. The van der Waals surface area contributed by atoms with Crippen molar-refractivity contribution in [3.05, 3.63) is 108 Å². The van der Waals surface area contributed by atoms with Crippen LogP contribution >= 0.6 is 0 Å². The zero-order valence-electron chi connectivity index (χ0n) is 16.8. The fourth-order valence-corrected chi connectivity index (χ4v) is 6.58. The molecule has 4 nitrogen and oxygen atoms in total. The predicted octanol–water partition coefficient (Wildman–Crippen LogP) is 5.70. The van der Waals surface area contributed by atoms with Crippen molar-refractivity contribution in [2.75, 3.05) is 5.32 Å². The number of aromatic nitrogens is 1. The van der Waals surface area contributed by atoms with Crippen LogP contribution in [0.2, 0.25) is 0 Å². The summed E-state index contributed by atoms with van der Waals surface area (Å²) in [6.45, 7) is 0. The van der Waals surface area contributed by atoms with Crippen LogP contribution in [0.4, 0.5) is 5.69 Å². The Hall–Kier alpha value is -3.31. The number of anilines is 1. The SMILES string of the molecule is O=S(=O)(c1ccccc1)n1cc([C@@H]2Nc3ccccc3[C@@H]3C=CC[C@@H]32)c2ccccc21. The summed E-state index contributed by atoms with van der Waals surface area (Å²) in [6.07, 6.45) is 7.36. The summed E-state index contributed by atoms with van der Waals surface area (Å²) in [7, 11) is -3.69. The first-order valence-corrected chi connectivity index (χ1v) is 12.0. The van der Waals surface area contributed by atoms with Gasteiger partial charge in [0.05, 0.1) is 16.5 Å². The lowest BCUT2D eigenvalue weighted by Gasteiger charge is -2.37. The fraction of sp³-hybridized carbons (Fsp3) is 0.154. The smallest absolute Gasteiger partial charge is 0.268 e. The normalized spacial score (nSPS) is 22.1. The van der Waals surface area contributed by atoms with Crippen molar-refractivity contribution in [2.24, 2.45) is 5.92 Å². The maximum absolute atomic E-state index is 13.5. The van der Waals surface area contributed by atoms with Gasteiger partial charge in [-0.2, -0.15) is 0 Å². The lowest BCUT2D eigenvalue weighted by Crippen LogP contribution is -2.28. The summed E-state index contributed by atoms with van der Waals surface area (Å²) in [5, 5.41) is 4.71. The van der Waals surface area contributed by atoms with E-state index in [1.54, 1.807) is 24.3 Å². The molecule has 0 bridgehead atoms. The molecular formula is C26H22N2O2S. The van der Waals surface area contributed by atoms with Crippen LogP contribution in [0.3, 0.4) is 0 Å². The van der Waals surface area contributed by atoms with Gasteiger partial charge in [-0.05, 0) is 42.2 Å². The maximum atomic E-state index is 13.5. The molecule has 3 aromatic carbocycles. The molecule has 0 amide bonds. The van der Waals surface area contributed by atoms with Crippen LogP contribution in [0.25, 0.3) is 10.9 Å². The number of nitrogens with one attached hydrogen (secondary N) is 1. The number of nitrogens with zero attached hydrogens (tertiary/aromatic N) is 1. The van der Waals surface area contributed by atoms with E-state index in [2.05, 4.69) is 35.7 Å². The lowest BCUT2D eigenvalue weighted by atomic mass is 9.77. The maximum Gasteiger partial charge on any atom is 0.268 e. The van der Waals surface area contributed by atoms with E-state index in [1.807, 2.05) is 42.6 Å². The monoisotopic (exact) mass is 426 g/mol. The average Bonchev–Trinajstić information content (AvgIpc) is 3.45. The second-order valence-electron chi connectivity index (χ2n) is 8.28. The zero-order valence-corrected chi connectivity index (χ0v) is 17.7. The van der Waals surface area contributed by atoms with Crippen molar-refractivity contribution < 1.29 is 8.42 Å². The highest BCUT2D eigenvalue weighted by Crippen LogP contribution is 2.51. The van der Waals surface area contributed by atoms with Crippen molar-refractivity contribution in [3.8, 4) is 0 Å². The highest BCUT2D eigenvalue weighted by molar-refractivity contribution is 7.90. The molecule has 1 aliphatic heterocycles. The van der Waals surface area contributed by atoms with Crippen molar-refractivity contribution in [2.45, 2.75) is 23.3 Å². The predicted molar refractivity (Wildman–Crippen MR) is 124 cm³/mol. The Balaban J connectivity index is 1.54. The third-order valence-corrected chi connectivity index (χ3v) is 8.30. The van der Waals surface area contributed by atoms with Gasteiger partial charge in [0, 0.05) is 28.8 Å². The lowest BCUT2D eigenvalue weighted by molar-refractivity contribution is 0.427. The van der Waals surface area contributed by atoms with E-state index < -0.39 is 10.0 Å². The molecule has 6 rings (SSSR count). The molecular weight excluding hydrogens is 404 g/mol. The number of rotatable bonds is 3. The summed E-state index contributed by atoms with van der Waals surface area (Å²) in [6, 6.07) is 24.9. The van der Waals surface area contributed by atoms with Gasteiger partial charge >= 0.3 is 0 Å². The minimum atomic E-state index is -3.69. The molecule has 1 aromatic heterocycles. The summed E-state index contributed by atoms with van der Waals surface area (Å²) in [5.74, 6) is 0.698. The van der Waals surface area contributed by atoms with Crippen LogP contribution in [-0.2, 0) is 10.0 Å². The Labute approximate surface area is 181 Å². The zero-order chi connectivity index (χ0) is 21.0. The first-order valence-electron chi connectivity index (χ1n) is 10.6. The Morgan fingerprint density at radius 2 is 1.58 bits per heavy atom. The Bertz CT molecular complexity index is 1420. The van der Waals surface area contributed by atoms with Crippen molar-refractivity contribution in [1.82, 2.24) is 3.97 Å². The van der Waals surface area contributed by atoms with Gasteiger partial charge in [0.15, 0.2) is 0 Å². The molecule has 5 heteroatoms. The number of para-hydroxylation sites is 2. The molecule has 2 aliphatic rings. The van der Waals surface area contributed by atoms with Gasteiger partial charge in [0.25, 0.3) is 10.0 Å². The molecule has 0 radical (unpaired) electrons. The van der Waals surface area contributed by atoms with Crippen molar-refractivity contribution >= 4 is 26.6 Å². The van der Waals surface area contributed by atoms with Crippen LogP contribution in [0.5, 0.6) is 0 Å². The summed E-state index contributed by atoms with van der Waals surface area (Å²) < 4.78 is 28.5.